The number of nitrogens with two attached hydrogens (primary N) is 1. The van der Waals surface area contributed by atoms with Crippen LogP contribution in [-0.2, 0) is 0 Å². The summed E-state index contributed by atoms with van der Waals surface area (Å²) < 4.78 is 13.8. The third-order valence-corrected chi connectivity index (χ3v) is 3.83. The molecular weight excluding hydrogens is 259 g/mol. The van der Waals surface area contributed by atoms with Crippen molar-refractivity contribution >= 4 is 33.9 Å². The highest BCUT2D eigenvalue weighted by Crippen LogP contribution is 2.27. The Bertz CT molecular complexity index is 489. The van der Waals surface area contributed by atoms with Crippen molar-refractivity contribution in [2.75, 3.05) is 17.6 Å². The van der Waals surface area contributed by atoms with Crippen LogP contribution in [0.2, 0.25) is 0 Å². The standard InChI is InChI=1S/C10H11FN4S2/c11-7-2-1-3-8(6-7)13-9-14-15-10(17-9)16-5-4-12/h1-3,6H,4-5,12H2,(H,13,14). The molecule has 1 heterocycles. The number of rotatable bonds is 5. The van der Waals surface area contributed by atoms with Gasteiger partial charge >= 0.3 is 0 Å². The molecule has 0 fully saturated rings. The molecule has 1 aromatic heterocycles. The van der Waals surface area contributed by atoms with Gasteiger partial charge in [0.25, 0.3) is 0 Å². The summed E-state index contributed by atoms with van der Waals surface area (Å²) >= 11 is 2.99. The molecule has 17 heavy (non-hydrogen) atoms. The highest BCUT2D eigenvalue weighted by molar-refractivity contribution is 8.01. The average molecular weight is 270 g/mol. The molecule has 0 aliphatic carbocycles. The summed E-state index contributed by atoms with van der Waals surface area (Å²) in [5.74, 6) is 0.534. The lowest BCUT2D eigenvalue weighted by atomic mass is 10.3. The third kappa shape index (κ3) is 3.65. The lowest BCUT2D eigenvalue weighted by molar-refractivity contribution is 0.628. The second-order valence-electron chi connectivity index (χ2n) is 3.15. The summed E-state index contributed by atoms with van der Waals surface area (Å²) in [5, 5.41) is 11.6. The number of hydrogen-bond donors (Lipinski definition) is 2. The van der Waals surface area contributed by atoms with Crippen LogP contribution < -0.4 is 11.1 Å². The van der Waals surface area contributed by atoms with Gasteiger partial charge in [-0.2, -0.15) is 0 Å². The van der Waals surface area contributed by atoms with Crippen molar-refractivity contribution in [2.45, 2.75) is 4.34 Å². The van der Waals surface area contributed by atoms with Crippen LogP contribution >= 0.6 is 23.1 Å². The number of nitrogens with zero attached hydrogens (tertiary/aromatic N) is 2. The van der Waals surface area contributed by atoms with Gasteiger partial charge in [0.1, 0.15) is 5.82 Å². The number of benzene rings is 1. The van der Waals surface area contributed by atoms with E-state index in [0.717, 1.165) is 10.1 Å². The monoisotopic (exact) mass is 270 g/mol. The number of nitrogens with one attached hydrogen (secondary N) is 1. The molecule has 4 nitrogen and oxygen atoms in total. The van der Waals surface area contributed by atoms with Crippen LogP contribution in [0.3, 0.4) is 0 Å². The van der Waals surface area contributed by atoms with Gasteiger partial charge < -0.3 is 11.1 Å². The molecule has 90 valence electrons. The zero-order chi connectivity index (χ0) is 12.1. The first-order valence-corrected chi connectivity index (χ1v) is 6.77. The predicted octanol–water partition coefficient (Wildman–Crippen LogP) is 2.47. The van der Waals surface area contributed by atoms with E-state index in [1.165, 1.54) is 23.5 Å². The van der Waals surface area contributed by atoms with E-state index in [0.29, 0.717) is 17.4 Å². The average Bonchev–Trinajstić information content (AvgIpc) is 2.74. The number of thioether (sulfide) groups is 1. The molecule has 0 spiro atoms. The zero-order valence-electron chi connectivity index (χ0n) is 8.89. The van der Waals surface area contributed by atoms with Gasteiger partial charge in [0.15, 0.2) is 4.34 Å². The summed E-state index contributed by atoms with van der Waals surface area (Å²) in [6.45, 7) is 0.608. The van der Waals surface area contributed by atoms with Crippen molar-refractivity contribution in [3.63, 3.8) is 0 Å². The molecule has 2 rings (SSSR count). The smallest absolute Gasteiger partial charge is 0.210 e. The molecule has 0 aliphatic heterocycles. The SMILES string of the molecule is NCCSc1nnc(Nc2cccc(F)c2)s1. The Labute approximate surface area is 106 Å². The highest BCUT2D eigenvalue weighted by atomic mass is 32.2. The fourth-order valence-electron chi connectivity index (χ4n) is 1.15. The van der Waals surface area contributed by atoms with Crippen LogP contribution in [0.25, 0.3) is 0 Å². The Morgan fingerprint density at radius 1 is 1.41 bits per heavy atom. The Morgan fingerprint density at radius 3 is 3.06 bits per heavy atom. The molecule has 0 amide bonds. The van der Waals surface area contributed by atoms with Crippen molar-refractivity contribution in [1.82, 2.24) is 10.2 Å². The van der Waals surface area contributed by atoms with E-state index in [4.69, 9.17) is 5.73 Å². The highest BCUT2D eigenvalue weighted by Gasteiger charge is 2.04. The van der Waals surface area contributed by atoms with E-state index < -0.39 is 0 Å². The number of aromatic nitrogens is 2. The zero-order valence-corrected chi connectivity index (χ0v) is 10.5. The Morgan fingerprint density at radius 2 is 2.29 bits per heavy atom. The van der Waals surface area contributed by atoms with E-state index in [-0.39, 0.29) is 5.82 Å². The molecule has 7 heteroatoms. The molecule has 0 bridgehead atoms. The molecule has 3 N–H and O–H groups in total. The van der Waals surface area contributed by atoms with E-state index in [2.05, 4.69) is 15.5 Å². The van der Waals surface area contributed by atoms with Gasteiger partial charge in [-0.1, -0.05) is 29.2 Å². The van der Waals surface area contributed by atoms with Crippen LogP contribution in [-0.4, -0.2) is 22.5 Å². The van der Waals surface area contributed by atoms with Crippen molar-refractivity contribution in [1.29, 1.82) is 0 Å². The minimum Gasteiger partial charge on any atom is -0.330 e. The summed E-state index contributed by atoms with van der Waals surface area (Å²) in [4.78, 5) is 0. The van der Waals surface area contributed by atoms with Crippen LogP contribution in [0.15, 0.2) is 28.6 Å². The van der Waals surface area contributed by atoms with E-state index in [1.54, 1.807) is 23.9 Å². The van der Waals surface area contributed by atoms with Crippen LogP contribution in [0.4, 0.5) is 15.2 Å². The van der Waals surface area contributed by atoms with Gasteiger partial charge in [-0.05, 0) is 18.2 Å². The lowest BCUT2D eigenvalue weighted by Crippen LogP contribution is -2.00. The van der Waals surface area contributed by atoms with Gasteiger partial charge in [-0.25, -0.2) is 4.39 Å². The molecule has 0 atom stereocenters. The molecule has 0 saturated carbocycles. The van der Waals surface area contributed by atoms with E-state index >= 15 is 0 Å². The first kappa shape index (κ1) is 12.3. The minimum atomic E-state index is -0.280. The van der Waals surface area contributed by atoms with E-state index in [1.807, 2.05) is 0 Å². The summed E-state index contributed by atoms with van der Waals surface area (Å²) in [7, 11) is 0. The predicted molar refractivity (Wildman–Crippen MR) is 69.4 cm³/mol. The fourth-order valence-corrected chi connectivity index (χ4v) is 2.77. The third-order valence-electron chi connectivity index (χ3n) is 1.83. The largest absolute Gasteiger partial charge is 0.330 e. The molecule has 0 aliphatic rings. The van der Waals surface area contributed by atoms with E-state index in [9.17, 15) is 4.39 Å². The van der Waals surface area contributed by atoms with Crippen molar-refractivity contribution in [3.8, 4) is 0 Å². The Kier molecular flexibility index (Phi) is 4.29. The first-order valence-electron chi connectivity index (χ1n) is 4.97. The maximum Gasteiger partial charge on any atom is 0.210 e. The minimum absolute atomic E-state index is 0.280. The molecule has 0 saturated heterocycles. The maximum absolute atomic E-state index is 13.0. The summed E-state index contributed by atoms with van der Waals surface area (Å²) in [6, 6.07) is 6.22. The lowest BCUT2D eigenvalue weighted by Gasteiger charge is -2.00. The van der Waals surface area contributed by atoms with Gasteiger partial charge in [-0.15, -0.1) is 10.2 Å². The van der Waals surface area contributed by atoms with Gasteiger partial charge in [0, 0.05) is 18.0 Å². The normalized spacial score (nSPS) is 10.5. The second kappa shape index (κ2) is 5.95. The first-order chi connectivity index (χ1) is 8.28. The molecule has 0 unspecified atom stereocenters. The second-order valence-corrected chi connectivity index (χ2v) is 5.47. The molecule has 0 radical (unpaired) electrons. The van der Waals surface area contributed by atoms with Gasteiger partial charge in [0.2, 0.25) is 5.13 Å². The fraction of sp³-hybridized carbons (Fsp3) is 0.200. The maximum atomic E-state index is 13.0. The van der Waals surface area contributed by atoms with Crippen LogP contribution in [0.1, 0.15) is 0 Å². The van der Waals surface area contributed by atoms with Crippen molar-refractivity contribution in [3.05, 3.63) is 30.1 Å². The summed E-state index contributed by atoms with van der Waals surface area (Å²) in [5.41, 5.74) is 6.07. The summed E-state index contributed by atoms with van der Waals surface area (Å²) in [6.07, 6.45) is 0. The Hall–Kier alpha value is -1.18. The van der Waals surface area contributed by atoms with Gasteiger partial charge in [-0.3, -0.25) is 0 Å². The molecule has 2 aromatic rings. The number of hydrogen-bond acceptors (Lipinski definition) is 6. The Balaban J connectivity index is 2.01. The van der Waals surface area contributed by atoms with Gasteiger partial charge in [0.05, 0.1) is 0 Å². The topological polar surface area (TPSA) is 63.8 Å². The number of halogens is 1. The molecule has 1 aromatic carbocycles. The number of anilines is 2. The molecular formula is C10H11FN4S2. The van der Waals surface area contributed by atoms with Crippen molar-refractivity contribution in [2.24, 2.45) is 5.73 Å². The van der Waals surface area contributed by atoms with Crippen molar-refractivity contribution < 1.29 is 4.39 Å². The quantitative estimate of drug-likeness (QED) is 0.817. The van der Waals surface area contributed by atoms with Crippen LogP contribution in [0.5, 0.6) is 0 Å². The van der Waals surface area contributed by atoms with Crippen LogP contribution in [0, 0.1) is 5.82 Å².